The summed E-state index contributed by atoms with van der Waals surface area (Å²) in [6.45, 7) is 1.80. The second kappa shape index (κ2) is 3.09. The van der Waals surface area contributed by atoms with Crippen LogP contribution in [-0.2, 0) is 11.2 Å². The Hall–Kier alpha value is -1.45. The number of carbonyl (C=O) groups is 1. The molecule has 1 N–H and O–H groups in total. The zero-order valence-electron chi connectivity index (χ0n) is 6.11. The Balaban J connectivity index is 2.79. The lowest BCUT2D eigenvalue weighted by atomic mass is 10.4. The molecule has 0 saturated heterocycles. The van der Waals surface area contributed by atoms with E-state index in [0.29, 0.717) is 5.82 Å². The molecule has 1 aromatic rings. The van der Waals surface area contributed by atoms with Crippen LogP contribution < -0.4 is 0 Å². The van der Waals surface area contributed by atoms with Crippen LogP contribution in [0, 0.1) is 6.92 Å². The summed E-state index contributed by atoms with van der Waals surface area (Å²) < 4.78 is 0. The molecule has 0 atom stereocenters. The van der Waals surface area contributed by atoms with E-state index in [0.717, 1.165) is 5.69 Å². The maximum atomic E-state index is 10.2. The van der Waals surface area contributed by atoms with Gasteiger partial charge in [-0.1, -0.05) is 0 Å². The summed E-state index contributed by atoms with van der Waals surface area (Å²) in [7, 11) is 0. The number of hydrogen-bond acceptors (Lipinski definition) is 3. The summed E-state index contributed by atoms with van der Waals surface area (Å²) in [5, 5.41) is 8.38. The highest BCUT2D eigenvalue weighted by molar-refractivity contribution is 5.68. The standard InChI is InChI=1S/C7H8N2O2/c1-5-2-3-8-6(9-5)4-7(10)11/h2-3H,4H2,1H3,(H,10,11). The Morgan fingerprint density at radius 2 is 2.45 bits per heavy atom. The quantitative estimate of drug-likeness (QED) is 0.666. The fraction of sp³-hybridized carbons (Fsp3) is 0.286. The summed E-state index contributed by atoms with van der Waals surface area (Å²) in [6, 6.07) is 1.73. The van der Waals surface area contributed by atoms with Gasteiger partial charge in [0.2, 0.25) is 0 Å². The lowest BCUT2D eigenvalue weighted by Crippen LogP contribution is -2.04. The number of nitrogens with zero attached hydrogens (tertiary/aromatic N) is 2. The van der Waals surface area contributed by atoms with Gasteiger partial charge in [0.15, 0.2) is 0 Å². The third kappa shape index (κ3) is 2.33. The van der Waals surface area contributed by atoms with Crippen molar-refractivity contribution in [3.63, 3.8) is 0 Å². The molecule has 11 heavy (non-hydrogen) atoms. The third-order valence-electron chi connectivity index (χ3n) is 1.15. The number of aliphatic carboxylic acids is 1. The Bertz CT molecular complexity index is 273. The summed E-state index contributed by atoms with van der Waals surface area (Å²) in [6.07, 6.45) is 1.45. The maximum Gasteiger partial charge on any atom is 0.311 e. The van der Waals surface area contributed by atoms with E-state index in [2.05, 4.69) is 9.97 Å². The highest BCUT2D eigenvalue weighted by Gasteiger charge is 2.01. The van der Waals surface area contributed by atoms with Crippen LogP contribution in [0.15, 0.2) is 12.3 Å². The van der Waals surface area contributed by atoms with E-state index in [-0.39, 0.29) is 6.42 Å². The van der Waals surface area contributed by atoms with Crippen LogP contribution in [0.3, 0.4) is 0 Å². The van der Waals surface area contributed by atoms with Crippen LogP contribution in [0.4, 0.5) is 0 Å². The molecule has 0 aliphatic rings. The summed E-state index contributed by atoms with van der Waals surface area (Å²) >= 11 is 0. The van der Waals surface area contributed by atoms with Gasteiger partial charge in [0, 0.05) is 11.9 Å². The van der Waals surface area contributed by atoms with Crippen molar-refractivity contribution < 1.29 is 9.90 Å². The fourth-order valence-electron chi connectivity index (χ4n) is 0.721. The molecule has 0 aromatic carbocycles. The summed E-state index contributed by atoms with van der Waals surface area (Å²) in [4.78, 5) is 17.9. The minimum atomic E-state index is -0.907. The topological polar surface area (TPSA) is 63.1 Å². The minimum Gasteiger partial charge on any atom is -0.481 e. The maximum absolute atomic E-state index is 10.2. The van der Waals surface area contributed by atoms with Gasteiger partial charge in [0.25, 0.3) is 0 Å². The van der Waals surface area contributed by atoms with Crippen molar-refractivity contribution in [2.75, 3.05) is 0 Å². The number of rotatable bonds is 2. The first kappa shape index (κ1) is 7.65. The predicted molar refractivity (Wildman–Crippen MR) is 38.1 cm³/mol. The average Bonchev–Trinajstić information content (AvgIpc) is 1.85. The first-order valence-electron chi connectivity index (χ1n) is 3.19. The SMILES string of the molecule is Cc1ccnc(CC(=O)O)n1. The first-order valence-corrected chi connectivity index (χ1v) is 3.19. The van der Waals surface area contributed by atoms with Crippen molar-refractivity contribution in [3.8, 4) is 0 Å². The molecule has 0 fully saturated rings. The largest absolute Gasteiger partial charge is 0.481 e. The molecule has 0 unspecified atom stereocenters. The van der Waals surface area contributed by atoms with Crippen molar-refractivity contribution in [3.05, 3.63) is 23.8 Å². The van der Waals surface area contributed by atoms with Crippen molar-refractivity contribution in [1.82, 2.24) is 9.97 Å². The molecular formula is C7H8N2O2. The minimum absolute atomic E-state index is 0.109. The van der Waals surface area contributed by atoms with Gasteiger partial charge in [-0.05, 0) is 13.0 Å². The second-order valence-electron chi connectivity index (χ2n) is 2.18. The van der Waals surface area contributed by atoms with Gasteiger partial charge in [0.1, 0.15) is 12.2 Å². The van der Waals surface area contributed by atoms with E-state index in [1.165, 1.54) is 0 Å². The van der Waals surface area contributed by atoms with Crippen LogP contribution in [0.1, 0.15) is 11.5 Å². The van der Waals surface area contributed by atoms with Gasteiger partial charge in [-0.3, -0.25) is 4.79 Å². The number of carboxylic acids is 1. The Labute approximate surface area is 63.9 Å². The van der Waals surface area contributed by atoms with Gasteiger partial charge in [0.05, 0.1) is 0 Å². The Morgan fingerprint density at radius 3 is 3.00 bits per heavy atom. The summed E-state index contributed by atoms with van der Waals surface area (Å²) in [5.74, 6) is -0.548. The normalized spacial score (nSPS) is 9.55. The smallest absolute Gasteiger partial charge is 0.311 e. The molecule has 0 saturated carbocycles. The Kier molecular flexibility index (Phi) is 2.15. The van der Waals surface area contributed by atoms with E-state index >= 15 is 0 Å². The van der Waals surface area contributed by atoms with Crippen LogP contribution in [0.25, 0.3) is 0 Å². The molecule has 1 heterocycles. The fourth-order valence-corrected chi connectivity index (χ4v) is 0.721. The van der Waals surface area contributed by atoms with E-state index in [9.17, 15) is 4.79 Å². The number of aryl methyl sites for hydroxylation is 1. The van der Waals surface area contributed by atoms with Crippen molar-refractivity contribution in [2.45, 2.75) is 13.3 Å². The number of aromatic nitrogens is 2. The van der Waals surface area contributed by atoms with Gasteiger partial charge in [-0.15, -0.1) is 0 Å². The first-order chi connectivity index (χ1) is 5.18. The summed E-state index contributed by atoms with van der Waals surface area (Å²) in [5.41, 5.74) is 0.788. The Morgan fingerprint density at radius 1 is 1.73 bits per heavy atom. The average molecular weight is 152 g/mol. The molecule has 1 aromatic heterocycles. The molecule has 0 aliphatic carbocycles. The van der Waals surface area contributed by atoms with Gasteiger partial charge in [-0.2, -0.15) is 0 Å². The van der Waals surface area contributed by atoms with Gasteiger partial charge < -0.3 is 5.11 Å². The highest BCUT2D eigenvalue weighted by Crippen LogP contribution is 1.93. The molecule has 0 amide bonds. The molecule has 0 bridgehead atoms. The molecule has 4 heteroatoms. The lowest BCUT2D eigenvalue weighted by molar-refractivity contribution is -0.136. The van der Waals surface area contributed by atoms with E-state index in [4.69, 9.17) is 5.11 Å². The van der Waals surface area contributed by atoms with E-state index < -0.39 is 5.97 Å². The van der Waals surface area contributed by atoms with Crippen molar-refractivity contribution in [1.29, 1.82) is 0 Å². The molecule has 1 rings (SSSR count). The van der Waals surface area contributed by atoms with Crippen LogP contribution in [-0.4, -0.2) is 21.0 Å². The number of hydrogen-bond donors (Lipinski definition) is 1. The van der Waals surface area contributed by atoms with Crippen molar-refractivity contribution in [2.24, 2.45) is 0 Å². The lowest BCUT2D eigenvalue weighted by Gasteiger charge is -1.94. The van der Waals surface area contributed by atoms with Crippen LogP contribution in [0.2, 0.25) is 0 Å². The van der Waals surface area contributed by atoms with E-state index in [1.54, 1.807) is 19.2 Å². The van der Waals surface area contributed by atoms with Gasteiger partial charge >= 0.3 is 5.97 Å². The highest BCUT2D eigenvalue weighted by atomic mass is 16.4. The van der Waals surface area contributed by atoms with Crippen molar-refractivity contribution >= 4 is 5.97 Å². The molecular weight excluding hydrogens is 144 g/mol. The van der Waals surface area contributed by atoms with Crippen LogP contribution >= 0.6 is 0 Å². The molecule has 58 valence electrons. The van der Waals surface area contributed by atoms with Gasteiger partial charge in [-0.25, -0.2) is 9.97 Å². The molecule has 0 spiro atoms. The molecule has 0 aliphatic heterocycles. The molecule has 4 nitrogen and oxygen atoms in total. The third-order valence-corrected chi connectivity index (χ3v) is 1.15. The monoisotopic (exact) mass is 152 g/mol. The molecule has 0 radical (unpaired) electrons. The number of carboxylic acid groups (broad SMARTS) is 1. The zero-order chi connectivity index (χ0) is 8.27. The van der Waals surface area contributed by atoms with Crippen LogP contribution in [0.5, 0.6) is 0 Å². The van der Waals surface area contributed by atoms with E-state index in [1.807, 2.05) is 0 Å². The predicted octanol–water partition coefficient (Wildman–Crippen LogP) is 0.412. The second-order valence-corrected chi connectivity index (χ2v) is 2.18. The zero-order valence-corrected chi connectivity index (χ0v) is 6.11.